The van der Waals surface area contributed by atoms with Crippen molar-refractivity contribution in [2.24, 2.45) is 0 Å². The average molecular weight is 762 g/mol. The fourth-order valence-electron chi connectivity index (χ4n) is 3.95. The summed E-state index contributed by atoms with van der Waals surface area (Å²) in [4.78, 5) is 0. The van der Waals surface area contributed by atoms with E-state index in [1.165, 1.54) is 17.3 Å². The van der Waals surface area contributed by atoms with Crippen molar-refractivity contribution in [2.45, 2.75) is 61.6 Å². The molecule has 0 amide bonds. The van der Waals surface area contributed by atoms with Crippen LogP contribution in [0.5, 0.6) is 0 Å². The molecule has 0 aromatic carbocycles. The second-order valence-corrected chi connectivity index (χ2v) is 51.9. The second kappa shape index (κ2) is 22.6. The van der Waals surface area contributed by atoms with Crippen LogP contribution in [0.15, 0.2) is 0 Å². The summed E-state index contributed by atoms with van der Waals surface area (Å²) < 4.78 is 52.2. The second-order valence-electron chi connectivity index (χ2n) is 8.53. The molecule has 0 spiro atoms. The van der Waals surface area contributed by atoms with E-state index in [0.717, 1.165) is 54.7 Å². The van der Waals surface area contributed by atoms with Gasteiger partial charge in [0.2, 0.25) is 0 Å². The Morgan fingerprint density at radius 3 is 0.921 bits per heavy atom. The van der Waals surface area contributed by atoms with E-state index in [0.29, 0.717) is 0 Å². The van der Waals surface area contributed by atoms with Crippen molar-refractivity contribution in [2.75, 3.05) is 81.2 Å². The predicted octanol–water partition coefficient (Wildman–Crippen LogP) is 5.73. The molecule has 0 bridgehead atoms. The van der Waals surface area contributed by atoms with E-state index in [1.807, 2.05) is 0 Å². The zero-order valence-corrected chi connectivity index (χ0v) is 33.7. The molecular weight excluding hydrogens is 707 g/mol. The summed E-state index contributed by atoms with van der Waals surface area (Å²) in [6, 6.07) is 2.51. The van der Waals surface area contributed by atoms with Crippen LogP contribution in [0.1, 0.15) is 39.0 Å². The molecule has 0 heterocycles. The van der Waals surface area contributed by atoms with Gasteiger partial charge in [0.05, 0.1) is 0 Å². The van der Waals surface area contributed by atoms with Crippen LogP contribution in [0.4, 0.5) is 0 Å². The number of rotatable bonds is 27. The molecule has 16 heteroatoms. The Morgan fingerprint density at radius 2 is 0.711 bits per heavy atom. The molecule has 0 unspecified atom stereocenters. The van der Waals surface area contributed by atoms with Crippen molar-refractivity contribution in [1.29, 1.82) is 0 Å². The summed E-state index contributed by atoms with van der Waals surface area (Å²) in [7, 11) is 14.3. The molecule has 0 saturated carbocycles. The molecular formula is C22H54O9S3Si3Sn. The van der Waals surface area contributed by atoms with E-state index in [1.54, 1.807) is 64.0 Å². The van der Waals surface area contributed by atoms with E-state index in [-0.39, 0.29) is 0 Å². The molecule has 0 aliphatic rings. The molecule has 0 rings (SSSR count). The fraction of sp³-hybridized carbons (Fsp3) is 1.00. The molecule has 0 aromatic heterocycles. The van der Waals surface area contributed by atoms with Crippen LogP contribution >= 0.6 is 26.8 Å². The van der Waals surface area contributed by atoms with Gasteiger partial charge in [-0.15, -0.1) is 0 Å². The first-order valence-corrected chi connectivity index (χ1v) is 34.4. The molecule has 230 valence electrons. The summed E-state index contributed by atoms with van der Waals surface area (Å²) in [6.45, 7) is 2.29. The van der Waals surface area contributed by atoms with Gasteiger partial charge in [0.25, 0.3) is 0 Å². The molecule has 0 saturated heterocycles. The molecule has 0 N–H and O–H groups in total. The van der Waals surface area contributed by atoms with Gasteiger partial charge in [0.1, 0.15) is 0 Å². The topological polar surface area (TPSA) is 83.1 Å². The third-order valence-electron chi connectivity index (χ3n) is 6.48. The minimum atomic E-state index is -2.70. The maximum atomic E-state index is 5.65. The van der Waals surface area contributed by atoms with Gasteiger partial charge in [-0.05, 0) is 0 Å². The predicted molar refractivity (Wildman–Crippen MR) is 171 cm³/mol. The normalized spacial score (nSPS) is 13.4. The first-order valence-electron chi connectivity index (χ1n) is 13.1. The first kappa shape index (κ1) is 40.1. The Bertz CT molecular complexity index is 485. The minimum absolute atomic E-state index is 0.835. The Morgan fingerprint density at radius 1 is 0.447 bits per heavy atom. The SMILES string of the molecule is CCC[CH2][Sn]([S]CCC[Si](OC)(OC)OC)([S]CCC[Si](OC)(OC)OC)[S]CCC[Si](OC)(OC)OC. The standard InChI is InChI=1S/3C6H16O3SSi.C4H9.Sn/c3*1-7-11(8-2,9-3)6-4-5-10;1-3-4-2;/h3*10H,4-6H2,1-3H3;1,3-4H2,2H3;/q;;;;+3/p-3. The van der Waals surface area contributed by atoms with Gasteiger partial charge in [-0.25, -0.2) is 0 Å². The van der Waals surface area contributed by atoms with Gasteiger partial charge in [-0.2, -0.15) is 0 Å². The Kier molecular flexibility index (Phi) is 23.9. The van der Waals surface area contributed by atoms with Crippen molar-refractivity contribution in [3.05, 3.63) is 0 Å². The van der Waals surface area contributed by atoms with Crippen LogP contribution in [0.3, 0.4) is 0 Å². The molecule has 38 heavy (non-hydrogen) atoms. The van der Waals surface area contributed by atoms with Crippen LogP contribution in [-0.2, 0) is 39.8 Å². The third-order valence-corrected chi connectivity index (χ3v) is 55.4. The van der Waals surface area contributed by atoms with Crippen molar-refractivity contribution in [1.82, 2.24) is 0 Å². The molecule has 9 nitrogen and oxygen atoms in total. The number of unbranched alkanes of at least 4 members (excludes halogenated alkanes) is 1. The third kappa shape index (κ3) is 14.1. The van der Waals surface area contributed by atoms with Gasteiger partial charge < -0.3 is 0 Å². The van der Waals surface area contributed by atoms with Crippen LogP contribution in [0, 0.1) is 0 Å². The van der Waals surface area contributed by atoms with E-state index >= 15 is 0 Å². The summed E-state index contributed by atoms with van der Waals surface area (Å²) in [5, 5.41) is 0. The Hall–Kier alpha value is 2.14. The summed E-state index contributed by atoms with van der Waals surface area (Å²) in [6.07, 6.45) is 5.57. The van der Waals surface area contributed by atoms with Crippen LogP contribution in [0.25, 0.3) is 0 Å². The number of hydrogen-bond acceptors (Lipinski definition) is 12. The zero-order chi connectivity index (χ0) is 29.0. The van der Waals surface area contributed by atoms with Crippen molar-refractivity contribution in [3.63, 3.8) is 0 Å². The fourth-order valence-corrected chi connectivity index (χ4v) is 50.2. The van der Waals surface area contributed by atoms with Gasteiger partial charge in [0, 0.05) is 0 Å². The van der Waals surface area contributed by atoms with Gasteiger partial charge in [0.15, 0.2) is 0 Å². The van der Waals surface area contributed by atoms with E-state index < -0.39 is 40.6 Å². The summed E-state index contributed by atoms with van der Waals surface area (Å²) in [5.74, 6) is 3.30. The summed E-state index contributed by atoms with van der Waals surface area (Å²) >= 11 is -2.70. The van der Waals surface area contributed by atoms with Crippen LogP contribution in [-0.4, -0.2) is 122 Å². The first-order chi connectivity index (χ1) is 18.2. The van der Waals surface area contributed by atoms with Crippen molar-refractivity contribution < 1.29 is 39.8 Å². The van der Waals surface area contributed by atoms with Crippen molar-refractivity contribution in [3.8, 4) is 0 Å². The van der Waals surface area contributed by atoms with E-state index in [2.05, 4.69) is 33.8 Å². The average Bonchev–Trinajstić information content (AvgIpc) is 2.97. The number of hydrogen-bond donors (Lipinski definition) is 0. The van der Waals surface area contributed by atoms with Crippen molar-refractivity contribution >= 4 is 67.5 Å². The molecule has 0 radical (unpaired) electrons. The maximum absolute atomic E-state index is 5.65. The molecule has 0 aliphatic heterocycles. The molecule has 0 aromatic rings. The van der Waals surface area contributed by atoms with Gasteiger partial charge in [-0.1, -0.05) is 0 Å². The van der Waals surface area contributed by atoms with E-state index in [9.17, 15) is 0 Å². The molecule has 0 atom stereocenters. The van der Waals surface area contributed by atoms with Gasteiger partial charge >= 0.3 is 250 Å². The van der Waals surface area contributed by atoms with E-state index in [4.69, 9.17) is 39.8 Å². The summed E-state index contributed by atoms with van der Waals surface area (Å²) in [5.41, 5.74) is 0. The quantitative estimate of drug-likeness (QED) is 0.0758. The van der Waals surface area contributed by atoms with Gasteiger partial charge in [-0.3, -0.25) is 0 Å². The monoisotopic (exact) mass is 762 g/mol. The molecule has 0 fully saturated rings. The zero-order valence-electron chi connectivity index (χ0n) is 25.4. The molecule has 0 aliphatic carbocycles. The Labute approximate surface area is 248 Å². The van der Waals surface area contributed by atoms with Crippen LogP contribution < -0.4 is 0 Å². The van der Waals surface area contributed by atoms with Crippen LogP contribution in [0.2, 0.25) is 22.6 Å². The Balaban J connectivity index is 5.42.